The fraction of sp³-hybridized carbons (Fsp3) is 0.154. The van der Waals surface area contributed by atoms with E-state index in [-0.39, 0.29) is 5.91 Å². The number of nitrogens with one attached hydrogen (secondary N) is 1. The summed E-state index contributed by atoms with van der Waals surface area (Å²) in [7, 11) is 3.03. The number of carbonyl (C=O) groups excluding carboxylic acids is 1. The molecule has 0 aliphatic heterocycles. The third kappa shape index (κ3) is 2.54. The Balaban J connectivity index is 2.17. The topological polar surface area (TPSA) is 45.3 Å². The highest BCUT2D eigenvalue weighted by Crippen LogP contribution is 2.15. The Morgan fingerprint density at radius 2 is 2.24 bits per heavy atom. The molecule has 1 aromatic carbocycles. The van der Waals surface area contributed by atoms with E-state index in [1.165, 1.54) is 18.2 Å². The summed E-state index contributed by atoms with van der Waals surface area (Å²) in [5.74, 6) is -0.193. The first-order valence-corrected chi connectivity index (χ1v) is 5.28. The minimum absolute atomic E-state index is 0.193. The molecule has 0 unspecified atom stereocenters. The lowest BCUT2D eigenvalue weighted by Gasteiger charge is -2.09. The predicted octanol–water partition coefficient (Wildman–Crippen LogP) is 2.20. The Morgan fingerprint density at radius 1 is 1.41 bits per heavy atom. The molecule has 1 amide bonds. The highest BCUT2D eigenvalue weighted by atomic mass is 16.7. The van der Waals surface area contributed by atoms with Crippen LogP contribution >= 0.6 is 0 Å². The Hall–Kier alpha value is -2.07. The number of aromatic nitrogens is 1. The molecule has 0 bridgehead atoms. The van der Waals surface area contributed by atoms with E-state index in [9.17, 15) is 4.79 Å². The van der Waals surface area contributed by atoms with E-state index in [4.69, 9.17) is 4.84 Å². The molecule has 0 atom stereocenters. The summed E-state index contributed by atoms with van der Waals surface area (Å²) < 4.78 is 0. The van der Waals surface area contributed by atoms with Crippen molar-refractivity contribution in [2.75, 3.05) is 14.2 Å². The number of fused-ring (bicyclic) bond motifs is 1. The van der Waals surface area contributed by atoms with E-state index >= 15 is 0 Å². The zero-order chi connectivity index (χ0) is 12.3. The molecule has 1 heterocycles. The van der Waals surface area contributed by atoms with E-state index in [1.807, 2.05) is 30.5 Å². The minimum Gasteiger partial charge on any atom is -0.361 e. The Labute approximate surface area is 99.4 Å². The van der Waals surface area contributed by atoms with Crippen molar-refractivity contribution in [1.82, 2.24) is 10.0 Å². The second-order valence-corrected chi connectivity index (χ2v) is 3.68. The van der Waals surface area contributed by atoms with Crippen molar-refractivity contribution in [1.29, 1.82) is 0 Å². The van der Waals surface area contributed by atoms with E-state index in [0.29, 0.717) is 0 Å². The zero-order valence-electron chi connectivity index (χ0n) is 9.81. The number of hydroxylamine groups is 2. The summed E-state index contributed by atoms with van der Waals surface area (Å²) in [6, 6.07) is 7.95. The van der Waals surface area contributed by atoms with Crippen LogP contribution in [0.4, 0.5) is 0 Å². The molecule has 0 fully saturated rings. The van der Waals surface area contributed by atoms with E-state index < -0.39 is 0 Å². The van der Waals surface area contributed by atoms with Gasteiger partial charge in [0.2, 0.25) is 0 Å². The van der Waals surface area contributed by atoms with Crippen LogP contribution in [-0.2, 0) is 9.63 Å². The molecule has 2 rings (SSSR count). The third-order valence-electron chi connectivity index (χ3n) is 2.58. The normalized spacial score (nSPS) is 11.2. The van der Waals surface area contributed by atoms with Gasteiger partial charge in [0.05, 0.1) is 7.11 Å². The van der Waals surface area contributed by atoms with E-state index in [1.54, 1.807) is 13.1 Å². The number of amides is 1. The van der Waals surface area contributed by atoms with Crippen LogP contribution < -0.4 is 0 Å². The van der Waals surface area contributed by atoms with Crippen LogP contribution in [0.15, 0.2) is 36.5 Å². The second-order valence-electron chi connectivity index (χ2n) is 3.68. The van der Waals surface area contributed by atoms with Gasteiger partial charge in [0, 0.05) is 24.8 Å². The van der Waals surface area contributed by atoms with Crippen LogP contribution in [0.1, 0.15) is 5.56 Å². The Kier molecular flexibility index (Phi) is 3.25. The molecule has 0 radical (unpaired) electrons. The summed E-state index contributed by atoms with van der Waals surface area (Å²) in [6.07, 6.45) is 5.14. The Bertz CT molecular complexity index is 557. The first-order chi connectivity index (χ1) is 8.20. The summed E-state index contributed by atoms with van der Waals surface area (Å²) in [5.41, 5.74) is 2.07. The van der Waals surface area contributed by atoms with E-state index in [0.717, 1.165) is 16.5 Å². The SMILES string of the molecule is CON(C)C(=O)C=Cc1ccc2[nH]ccc2c1. The van der Waals surface area contributed by atoms with Crippen molar-refractivity contribution in [2.24, 2.45) is 0 Å². The van der Waals surface area contributed by atoms with E-state index in [2.05, 4.69) is 4.98 Å². The fourth-order valence-corrected chi connectivity index (χ4v) is 1.54. The fourth-order valence-electron chi connectivity index (χ4n) is 1.54. The lowest BCUT2D eigenvalue weighted by atomic mass is 10.1. The Morgan fingerprint density at radius 3 is 3.00 bits per heavy atom. The molecule has 0 saturated carbocycles. The van der Waals surface area contributed by atoms with Crippen LogP contribution in [0.2, 0.25) is 0 Å². The smallest absolute Gasteiger partial charge is 0.269 e. The largest absolute Gasteiger partial charge is 0.361 e. The van der Waals surface area contributed by atoms with Gasteiger partial charge in [0.1, 0.15) is 0 Å². The molecule has 4 nitrogen and oxygen atoms in total. The predicted molar refractivity (Wildman–Crippen MR) is 67.1 cm³/mol. The number of H-pyrrole nitrogens is 1. The molecular formula is C13H14N2O2. The number of hydrogen-bond acceptors (Lipinski definition) is 2. The second kappa shape index (κ2) is 4.84. The monoisotopic (exact) mass is 230 g/mol. The van der Waals surface area contributed by atoms with Crippen molar-refractivity contribution < 1.29 is 9.63 Å². The number of carbonyl (C=O) groups is 1. The van der Waals surface area contributed by atoms with Crippen molar-refractivity contribution >= 4 is 22.9 Å². The molecule has 0 spiro atoms. The number of rotatable bonds is 3. The summed E-state index contributed by atoms with van der Waals surface area (Å²) in [4.78, 5) is 19.4. The molecule has 1 N–H and O–H groups in total. The molecule has 1 aromatic heterocycles. The van der Waals surface area contributed by atoms with Crippen molar-refractivity contribution in [3.8, 4) is 0 Å². The van der Waals surface area contributed by atoms with Gasteiger partial charge in [-0.3, -0.25) is 9.63 Å². The highest BCUT2D eigenvalue weighted by molar-refractivity contribution is 5.91. The van der Waals surface area contributed by atoms with Crippen molar-refractivity contribution in [3.05, 3.63) is 42.1 Å². The lowest BCUT2D eigenvalue weighted by molar-refractivity contribution is -0.162. The maximum atomic E-state index is 11.5. The average Bonchev–Trinajstić information content (AvgIpc) is 2.82. The summed E-state index contributed by atoms with van der Waals surface area (Å²) in [6.45, 7) is 0. The molecule has 0 saturated heterocycles. The first-order valence-electron chi connectivity index (χ1n) is 5.28. The molecule has 4 heteroatoms. The number of nitrogens with zero attached hydrogens (tertiary/aromatic N) is 1. The molecule has 2 aromatic rings. The number of hydrogen-bond donors (Lipinski definition) is 1. The number of benzene rings is 1. The summed E-state index contributed by atoms with van der Waals surface area (Å²) >= 11 is 0. The van der Waals surface area contributed by atoms with Crippen LogP contribution in [0.5, 0.6) is 0 Å². The molecular weight excluding hydrogens is 216 g/mol. The number of aromatic amines is 1. The highest BCUT2D eigenvalue weighted by Gasteiger charge is 2.02. The van der Waals surface area contributed by atoms with Crippen molar-refractivity contribution in [3.63, 3.8) is 0 Å². The van der Waals surface area contributed by atoms with Crippen molar-refractivity contribution in [2.45, 2.75) is 0 Å². The maximum Gasteiger partial charge on any atom is 0.269 e. The number of likely N-dealkylation sites (N-methyl/N-ethyl adjacent to an activating group) is 1. The van der Waals surface area contributed by atoms with Crippen LogP contribution in [-0.4, -0.2) is 30.1 Å². The minimum atomic E-state index is -0.193. The standard InChI is InChI=1S/C13H14N2O2/c1-15(17-2)13(16)6-4-10-3-5-12-11(9-10)7-8-14-12/h3-9,14H,1-2H3. The third-order valence-corrected chi connectivity index (χ3v) is 2.58. The quantitative estimate of drug-likeness (QED) is 0.649. The van der Waals surface area contributed by atoms with Crippen LogP contribution in [0.25, 0.3) is 17.0 Å². The van der Waals surface area contributed by atoms with Crippen LogP contribution in [0, 0.1) is 0 Å². The molecule has 0 aliphatic rings. The van der Waals surface area contributed by atoms with Gasteiger partial charge in [-0.25, -0.2) is 5.06 Å². The van der Waals surface area contributed by atoms with Gasteiger partial charge >= 0.3 is 0 Å². The lowest BCUT2D eigenvalue weighted by Crippen LogP contribution is -2.22. The zero-order valence-corrected chi connectivity index (χ0v) is 9.81. The average molecular weight is 230 g/mol. The van der Waals surface area contributed by atoms with Gasteiger partial charge in [0.15, 0.2) is 0 Å². The van der Waals surface area contributed by atoms with Gasteiger partial charge in [-0.2, -0.15) is 0 Å². The molecule has 0 aliphatic carbocycles. The molecule has 17 heavy (non-hydrogen) atoms. The van der Waals surface area contributed by atoms with Gasteiger partial charge in [-0.1, -0.05) is 6.07 Å². The van der Waals surface area contributed by atoms with Crippen LogP contribution in [0.3, 0.4) is 0 Å². The van der Waals surface area contributed by atoms with Gasteiger partial charge in [0.25, 0.3) is 5.91 Å². The summed E-state index contributed by atoms with van der Waals surface area (Å²) in [5, 5.41) is 2.30. The van der Waals surface area contributed by atoms with Gasteiger partial charge in [-0.05, 0) is 35.2 Å². The molecule has 88 valence electrons. The maximum absolute atomic E-state index is 11.5. The van der Waals surface area contributed by atoms with Gasteiger partial charge < -0.3 is 4.98 Å². The van der Waals surface area contributed by atoms with Gasteiger partial charge in [-0.15, -0.1) is 0 Å². The first kappa shape index (κ1) is 11.4.